The van der Waals surface area contributed by atoms with Crippen LogP contribution in [0.1, 0.15) is 17.2 Å². The third kappa shape index (κ3) is 2.78. The summed E-state index contributed by atoms with van der Waals surface area (Å²) in [6.07, 6.45) is 1.58. The molecule has 1 heterocycles. The van der Waals surface area contributed by atoms with Crippen molar-refractivity contribution < 1.29 is 9.13 Å². The highest BCUT2D eigenvalue weighted by atomic mass is 79.9. The summed E-state index contributed by atoms with van der Waals surface area (Å²) in [4.78, 5) is 4.08. The number of hydrazine groups is 1. The van der Waals surface area contributed by atoms with Crippen molar-refractivity contribution in [3.05, 3.63) is 56.9 Å². The fourth-order valence-electron chi connectivity index (χ4n) is 1.90. The molecule has 1 atom stereocenters. The van der Waals surface area contributed by atoms with Crippen molar-refractivity contribution in [2.45, 2.75) is 6.04 Å². The number of nitrogens with two attached hydrogens (primary N) is 1. The molecule has 0 fully saturated rings. The summed E-state index contributed by atoms with van der Waals surface area (Å²) in [5, 5.41) is 0.00519. The van der Waals surface area contributed by atoms with E-state index in [4.69, 9.17) is 22.2 Å². The highest BCUT2D eigenvalue weighted by molar-refractivity contribution is 9.10. The standard InChI is InChI=1S/C13H12BrClFN3O/c1-20-13-8(3-2-6-18-13)12(19-17)7-4-5-9(14)10(15)11(7)16/h2-6,12,19H,17H2,1H3. The SMILES string of the molecule is COc1ncccc1C(NN)c1ccc(Br)c(Cl)c1F. The van der Waals surface area contributed by atoms with Gasteiger partial charge in [-0.1, -0.05) is 23.7 Å². The Morgan fingerprint density at radius 3 is 2.80 bits per heavy atom. The predicted molar refractivity (Wildman–Crippen MR) is 79.1 cm³/mol. The molecule has 2 aromatic rings. The van der Waals surface area contributed by atoms with Crippen LogP contribution in [-0.4, -0.2) is 12.1 Å². The quantitative estimate of drug-likeness (QED) is 0.499. The maximum atomic E-state index is 14.3. The number of nitrogens with one attached hydrogen (secondary N) is 1. The Hall–Kier alpha value is -1.21. The van der Waals surface area contributed by atoms with Crippen LogP contribution < -0.4 is 16.0 Å². The molecule has 0 spiro atoms. The Morgan fingerprint density at radius 2 is 2.15 bits per heavy atom. The van der Waals surface area contributed by atoms with Gasteiger partial charge in [0.15, 0.2) is 0 Å². The van der Waals surface area contributed by atoms with Crippen molar-refractivity contribution in [3.63, 3.8) is 0 Å². The molecule has 0 saturated heterocycles. The summed E-state index contributed by atoms with van der Waals surface area (Å²) in [5.41, 5.74) is 3.50. The van der Waals surface area contributed by atoms with E-state index in [1.165, 1.54) is 7.11 Å². The number of ether oxygens (including phenoxy) is 1. The van der Waals surface area contributed by atoms with Crippen LogP contribution >= 0.6 is 27.5 Å². The number of pyridine rings is 1. The van der Waals surface area contributed by atoms with Gasteiger partial charge in [-0.2, -0.15) is 0 Å². The van der Waals surface area contributed by atoms with Crippen LogP contribution in [0.3, 0.4) is 0 Å². The number of rotatable bonds is 4. The summed E-state index contributed by atoms with van der Waals surface area (Å²) < 4.78 is 20.0. The third-order valence-corrected chi connectivity index (χ3v) is 4.11. The Bertz CT molecular complexity index is 627. The zero-order valence-electron chi connectivity index (χ0n) is 10.5. The molecule has 3 N–H and O–H groups in total. The highest BCUT2D eigenvalue weighted by Gasteiger charge is 2.23. The summed E-state index contributed by atoms with van der Waals surface area (Å²) in [5.74, 6) is 5.39. The van der Waals surface area contributed by atoms with Gasteiger partial charge in [0.05, 0.1) is 18.2 Å². The van der Waals surface area contributed by atoms with Gasteiger partial charge in [0, 0.05) is 21.8 Å². The number of aromatic nitrogens is 1. The van der Waals surface area contributed by atoms with E-state index in [-0.39, 0.29) is 5.02 Å². The monoisotopic (exact) mass is 359 g/mol. The molecule has 0 amide bonds. The highest BCUT2D eigenvalue weighted by Crippen LogP contribution is 2.34. The third-order valence-electron chi connectivity index (χ3n) is 2.85. The molecule has 0 aliphatic rings. The van der Waals surface area contributed by atoms with Crippen molar-refractivity contribution in [1.29, 1.82) is 0 Å². The number of hydrogen-bond donors (Lipinski definition) is 2. The average Bonchev–Trinajstić information content (AvgIpc) is 2.48. The Balaban J connectivity index is 2.56. The lowest BCUT2D eigenvalue weighted by Gasteiger charge is -2.19. The van der Waals surface area contributed by atoms with Crippen LogP contribution in [0.5, 0.6) is 5.88 Å². The average molecular weight is 361 g/mol. The molecular formula is C13H12BrClFN3O. The predicted octanol–water partition coefficient (Wildman–Crippen LogP) is 3.20. The van der Waals surface area contributed by atoms with Crippen molar-refractivity contribution >= 4 is 27.5 Å². The first-order valence-corrected chi connectivity index (χ1v) is 6.85. The van der Waals surface area contributed by atoms with E-state index in [1.54, 1.807) is 30.5 Å². The molecular weight excluding hydrogens is 349 g/mol. The van der Waals surface area contributed by atoms with E-state index in [2.05, 4.69) is 26.3 Å². The van der Waals surface area contributed by atoms with Crippen LogP contribution in [0.4, 0.5) is 4.39 Å². The van der Waals surface area contributed by atoms with E-state index < -0.39 is 11.9 Å². The van der Waals surface area contributed by atoms with Crippen molar-refractivity contribution in [3.8, 4) is 5.88 Å². The van der Waals surface area contributed by atoms with Gasteiger partial charge in [-0.15, -0.1) is 0 Å². The minimum Gasteiger partial charge on any atom is -0.481 e. The van der Waals surface area contributed by atoms with Crippen molar-refractivity contribution in [2.75, 3.05) is 7.11 Å². The van der Waals surface area contributed by atoms with Gasteiger partial charge >= 0.3 is 0 Å². The van der Waals surface area contributed by atoms with Gasteiger partial charge in [0.2, 0.25) is 5.88 Å². The first kappa shape index (κ1) is 15.2. The fourth-order valence-corrected chi connectivity index (χ4v) is 2.38. The minimum absolute atomic E-state index is 0.00519. The smallest absolute Gasteiger partial charge is 0.218 e. The number of benzene rings is 1. The molecule has 106 valence electrons. The number of methoxy groups -OCH3 is 1. The van der Waals surface area contributed by atoms with Crippen LogP contribution in [0.25, 0.3) is 0 Å². The topological polar surface area (TPSA) is 60.2 Å². The van der Waals surface area contributed by atoms with E-state index in [1.807, 2.05) is 0 Å². The van der Waals surface area contributed by atoms with Crippen LogP contribution in [0, 0.1) is 5.82 Å². The summed E-state index contributed by atoms with van der Waals surface area (Å²) in [6.45, 7) is 0. The number of nitrogens with zero attached hydrogens (tertiary/aromatic N) is 1. The zero-order valence-corrected chi connectivity index (χ0v) is 12.9. The Morgan fingerprint density at radius 1 is 1.40 bits per heavy atom. The molecule has 4 nitrogen and oxygen atoms in total. The van der Waals surface area contributed by atoms with Gasteiger partial charge < -0.3 is 4.74 Å². The molecule has 2 rings (SSSR count). The van der Waals surface area contributed by atoms with Gasteiger partial charge in [-0.05, 0) is 28.1 Å². The van der Waals surface area contributed by atoms with Gasteiger partial charge in [0.1, 0.15) is 5.82 Å². The lowest BCUT2D eigenvalue weighted by Crippen LogP contribution is -2.30. The van der Waals surface area contributed by atoms with E-state index in [9.17, 15) is 4.39 Å². The first-order valence-electron chi connectivity index (χ1n) is 5.68. The maximum Gasteiger partial charge on any atom is 0.218 e. The summed E-state index contributed by atoms with van der Waals surface area (Å²) >= 11 is 9.08. The Labute approximate surface area is 129 Å². The van der Waals surface area contributed by atoms with Gasteiger partial charge in [-0.25, -0.2) is 14.8 Å². The van der Waals surface area contributed by atoms with Crippen LogP contribution in [0.2, 0.25) is 5.02 Å². The second kappa shape index (κ2) is 6.49. The lowest BCUT2D eigenvalue weighted by molar-refractivity contribution is 0.386. The molecule has 0 aliphatic carbocycles. The molecule has 7 heteroatoms. The Kier molecular flexibility index (Phi) is 4.93. The van der Waals surface area contributed by atoms with Gasteiger partial charge in [-0.3, -0.25) is 5.84 Å². The molecule has 0 aliphatic heterocycles. The summed E-state index contributed by atoms with van der Waals surface area (Å²) in [7, 11) is 1.49. The van der Waals surface area contributed by atoms with Crippen LogP contribution in [-0.2, 0) is 0 Å². The molecule has 1 aromatic carbocycles. The number of halogens is 3. The van der Waals surface area contributed by atoms with E-state index in [0.717, 1.165) is 0 Å². The number of hydrogen-bond acceptors (Lipinski definition) is 4. The largest absolute Gasteiger partial charge is 0.481 e. The molecule has 0 bridgehead atoms. The van der Waals surface area contributed by atoms with Crippen LogP contribution in [0.15, 0.2) is 34.9 Å². The molecule has 1 aromatic heterocycles. The van der Waals surface area contributed by atoms with Gasteiger partial charge in [0.25, 0.3) is 0 Å². The first-order chi connectivity index (χ1) is 9.60. The molecule has 0 radical (unpaired) electrons. The molecule has 20 heavy (non-hydrogen) atoms. The lowest BCUT2D eigenvalue weighted by atomic mass is 9.99. The van der Waals surface area contributed by atoms with E-state index >= 15 is 0 Å². The normalized spacial score (nSPS) is 12.2. The van der Waals surface area contributed by atoms with E-state index in [0.29, 0.717) is 21.5 Å². The summed E-state index contributed by atoms with van der Waals surface area (Å²) in [6, 6.07) is 6.12. The maximum absolute atomic E-state index is 14.3. The molecule has 0 saturated carbocycles. The molecule has 1 unspecified atom stereocenters. The zero-order chi connectivity index (χ0) is 14.7. The second-order valence-electron chi connectivity index (χ2n) is 3.97. The second-order valence-corrected chi connectivity index (χ2v) is 5.20. The minimum atomic E-state index is -0.621. The van der Waals surface area contributed by atoms with Crippen molar-refractivity contribution in [2.24, 2.45) is 5.84 Å². The van der Waals surface area contributed by atoms with Crippen molar-refractivity contribution in [1.82, 2.24) is 10.4 Å². The fraction of sp³-hybridized carbons (Fsp3) is 0.154.